The zero-order chi connectivity index (χ0) is 14.0. The van der Waals surface area contributed by atoms with Crippen molar-refractivity contribution in [1.29, 1.82) is 0 Å². The van der Waals surface area contributed by atoms with Crippen LogP contribution in [0.5, 0.6) is 0 Å². The number of nitrogens with one attached hydrogen (secondary N) is 2. The molecule has 0 aliphatic heterocycles. The fourth-order valence-corrected chi connectivity index (χ4v) is 2.11. The maximum Gasteiger partial charge on any atom is 0.433 e. The Bertz CT molecular complexity index is 564. The molecule has 0 fully saturated rings. The van der Waals surface area contributed by atoms with E-state index in [2.05, 4.69) is 15.3 Å². The minimum Gasteiger partial charge on any atom is -0.343 e. The standard InChI is InChI=1S/C10H9F3N4OS/c1-5(6-2-19-4-16-6)17-9(18)7-8(10(11,12)13)15-3-14-7/h2-5H,1H3,(H,14,15)(H,17,18). The van der Waals surface area contributed by atoms with Crippen LogP contribution in [0.2, 0.25) is 0 Å². The average molecular weight is 290 g/mol. The number of aromatic amines is 1. The number of imidazole rings is 1. The summed E-state index contributed by atoms with van der Waals surface area (Å²) in [4.78, 5) is 21.1. The highest BCUT2D eigenvalue weighted by Crippen LogP contribution is 2.29. The Hall–Kier alpha value is -1.90. The van der Waals surface area contributed by atoms with Crippen LogP contribution in [0.25, 0.3) is 0 Å². The number of alkyl halides is 3. The predicted octanol–water partition coefficient (Wildman–Crippen LogP) is 2.38. The van der Waals surface area contributed by atoms with Crippen LogP contribution >= 0.6 is 11.3 Å². The Labute approximate surface area is 109 Å². The fraction of sp³-hybridized carbons (Fsp3) is 0.300. The first kappa shape index (κ1) is 13.5. The zero-order valence-corrected chi connectivity index (χ0v) is 10.5. The van der Waals surface area contributed by atoms with Gasteiger partial charge in [-0.1, -0.05) is 0 Å². The first-order chi connectivity index (χ1) is 8.89. The highest BCUT2D eigenvalue weighted by molar-refractivity contribution is 7.07. The Morgan fingerprint density at radius 1 is 1.47 bits per heavy atom. The van der Waals surface area contributed by atoms with Crippen LogP contribution in [0.3, 0.4) is 0 Å². The average Bonchev–Trinajstić information content (AvgIpc) is 2.99. The minimum atomic E-state index is -4.65. The molecule has 2 N–H and O–H groups in total. The van der Waals surface area contributed by atoms with Crippen LogP contribution in [0.15, 0.2) is 17.2 Å². The SMILES string of the molecule is CC(NC(=O)c1nc[nH]c1C(F)(F)F)c1cscn1. The molecule has 2 aromatic rings. The molecule has 2 rings (SSSR count). The molecular formula is C10H9F3N4OS. The normalized spacial score (nSPS) is 13.3. The minimum absolute atomic E-state index is 0.489. The summed E-state index contributed by atoms with van der Waals surface area (Å²) in [6, 6.07) is -0.489. The van der Waals surface area contributed by atoms with Gasteiger partial charge in [0, 0.05) is 5.38 Å². The van der Waals surface area contributed by atoms with E-state index in [0.717, 1.165) is 6.33 Å². The van der Waals surface area contributed by atoms with E-state index >= 15 is 0 Å². The molecule has 0 saturated heterocycles. The van der Waals surface area contributed by atoms with Crippen LogP contribution in [0.1, 0.15) is 34.8 Å². The van der Waals surface area contributed by atoms with Gasteiger partial charge in [0.05, 0.1) is 23.6 Å². The highest BCUT2D eigenvalue weighted by atomic mass is 32.1. The molecular weight excluding hydrogens is 281 g/mol. The van der Waals surface area contributed by atoms with Crippen molar-refractivity contribution >= 4 is 17.2 Å². The number of carbonyl (C=O) groups is 1. The van der Waals surface area contributed by atoms with Gasteiger partial charge < -0.3 is 10.3 Å². The van der Waals surface area contributed by atoms with Gasteiger partial charge in [-0.2, -0.15) is 13.2 Å². The van der Waals surface area contributed by atoms with Gasteiger partial charge in [-0.05, 0) is 6.92 Å². The second-order valence-electron chi connectivity index (χ2n) is 3.73. The van der Waals surface area contributed by atoms with Crippen LogP contribution in [-0.4, -0.2) is 20.9 Å². The molecule has 1 unspecified atom stereocenters. The topological polar surface area (TPSA) is 70.7 Å². The van der Waals surface area contributed by atoms with Crippen molar-refractivity contribution in [3.63, 3.8) is 0 Å². The number of H-pyrrole nitrogens is 1. The van der Waals surface area contributed by atoms with Crippen molar-refractivity contribution in [2.24, 2.45) is 0 Å². The van der Waals surface area contributed by atoms with E-state index in [9.17, 15) is 18.0 Å². The summed E-state index contributed by atoms with van der Waals surface area (Å²) in [6.45, 7) is 1.63. The maximum absolute atomic E-state index is 12.6. The molecule has 0 bridgehead atoms. The molecule has 102 valence electrons. The summed E-state index contributed by atoms with van der Waals surface area (Å²) in [5.74, 6) is -0.894. The second kappa shape index (κ2) is 5.00. The molecule has 0 saturated carbocycles. The second-order valence-corrected chi connectivity index (χ2v) is 4.45. The molecule has 0 aliphatic rings. The molecule has 0 spiro atoms. The monoisotopic (exact) mass is 290 g/mol. The van der Waals surface area contributed by atoms with Gasteiger partial charge in [0.1, 0.15) is 0 Å². The summed E-state index contributed by atoms with van der Waals surface area (Å²) < 4.78 is 37.8. The highest BCUT2D eigenvalue weighted by Gasteiger charge is 2.38. The van der Waals surface area contributed by atoms with Gasteiger partial charge in [0.15, 0.2) is 11.4 Å². The van der Waals surface area contributed by atoms with Crippen LogP contribution in [0, 0.1) is 0 Å². The number of nitrogens with zero attached hydrogens (tertiary/aromatic N) is 2. The van der Waals surface area contributed by atoms with Crippen molar-refractivity contribution in [3.8, 4) is 0 Å². The quantitative estimate of drug-likeness (QED) is 0.911. The lowest BCUT2D eigenvalue weighted by molar-refractivity contribution is -0.141. The van der Waals surface area contributed by atoms with Crippen LogP contribution < -0.4 is 5.32 Å². The lowest BCUT2D eigenvalue weighted by Gasteiger charge is -2.12. The van der Waals surface area contributed by atoms with E-state index in [0.29, 0.717) is 5.69 Å². The molecule has 19 heavy (non-hydrogen) atoms. The Morgan fingerprint density at radius 2 is 2.21 bits per heavy atom. The van der Waals surface area contributed by atoms with Crippen molar-refractivity contribution in [3.05, 3.63) is 34.3 Å². The number of rotatable bonds is 3. The predicted molar refractivity (Wildman–Crippen MR) is 61.6 cm³/mol. The number of amides is 1. The Balaban J connectivity index is 2.15. The number of halogens is 3. The molecule has 5 nitrogen and oxygen atoms in total. The van der Waals surface area contributed by atoms with Gasteiger partial charge in [0.2, 0.25) is 0 Å². The van der Waals surface area contributed by atoms with E-state index in [1.807, 2.05) is 4.98 Å². The van der Waals surface area contributed by atoms with E-state index in [1.54, 1.807) is 17.8 Å². The Morgan fingerprint density at radius 3 is 2.79 bits per heavy atom. The van der Waals surface area contributed by atoms with E-state index in [4.69, 9.17) is 0 Å². The molecule has 0 aliphatic carbocycles. The summed E-state index contributed by atoms with van der Waals surface area (Å²) in [6.07, 6.45) is -3.81. The number of carbonyl (C=O) groups excluding carboxylic acids is 1. The lowest BCUT2D eigenvalue weighted by atomic mass is 10.2. The largest absolute Gasteiger partial charge is 0.433 e. The molecule has 2 heterocycles. The van der Waals surface area contributed by atoms with Gasteiger partial charge in [-0.25, -0.2) is 9.97 Å². The Kier molecular flexibility index (Phi) is 3.56. The van der Waals surface area contributed by atoms with E-state index < -0.39 is 29.5 Å². The van der Waals surface area contributed by atoms with Crippen molar-refractivity contribution in [2.75, 3.05) is 0 Å². The first-order valence-electron chi connectivity index (χ1n) is 5.19. The number of thiazole rings is 1. The molecule has 9 heteroatoms. The van der Waals surface area contributed by atoms with Gasteiger partial charge in [-0.15, -0.1) is 11.3 Å². The van der Waals surface area contributed by atoms with Crippen molar-refractivity contribution in [1.82, 2.24) is 20.3 Å². The van der Waals surface area contributed by atoms with Gasteiger partial charge >= 0.3 is 6.18 Å². The first-order valence-corrected chi connectivity index (χ1v) is 6.13. The summed E-state index contributed by atoms with van der Waals surface area (Å²) >= 11 is 1.34. The third-order valence-corrected chi connectivity index (χ3v) is 2.99. The van der Waals surface area contributed by atoms with E-state index in [1.165, 1.54) is 11.3 Å². The third kappa shape index (κ3) is 2.92. The third-order valence-electron chi connectivity index (χ3n) is 2.38. The maximum atomic E-state index is 12.6. The number of hydrogen-bond acceptors (Lipinski definition) is 4. The van der Waals surface area contributed by atoms with Crippen LogP contribution in [-0.2, 0) is 6.18 Å². The van der Waals surface area contributed by atoms with Crippen molar-refractivity contribution < 1.29 is 18.0 Å². The summed E-state index contributed by atoms with van der Waals surface area (Å²) in [5.41, 5.74) is 0.334. The summed E-state index contributed by atoms with van der Waals surface area (Å²) in [5, 5.41) is 4.13. The van der Waals surface area contributed by atoms with Gasteiger partial charge in [0.25, 0.3) is 5.91 Å². The molecule has 2 aromatic heterocycles. The molecule has 0 aromatic carbocycles. The molecule has 1 atom stereocenters. The number of aromatic nitrogens is 3. The summed E-state index contributed by atoms with van der Waals surface area (Å²) in [7, 11) is 0. The fourth-order valence-electron chi connectivity index (χ4n) is 1.46. The zero-order valence-electron chi connectivity index (χ0n) is 9.65. The van der Waals surface area contributed by atoms with Crippen molar-refractivity contribution in [2.45, 2.75) is 19.1 Å². The lowest BCUT2D eigenvalue weighted by Crippen LogP contribution is -2.29. The van der Waals surface area contributed by atoms with E-state index in [-0.39, 0.29) is 0 Å². The van der Waals surface area contributed by atoms with Crippen LogP contribution in [0.4, 0.5) is 13.2 Å². The molecule has 1 amide bonds. The smallest absolute Gasteiger partial charge is 0.343 e. The van der Waals surface area contributed by atoms with Gasteiger partial charge in [-0.3, -0.25) is 4.79 Å². The molecule has 0 radical (unpaired) electrons. The number of hydrogen-bond donors (Lipinski definition) is 2.